The van der Waals surface area contributed by atoms with Crippen LogP contribution in [0.1, 0.15) is 5.56 Å². The molecule has 0 unspecified atom stereocenters. The van der Waals surface area contributed by atoms with Crippen molar-refractivity contribution in [2.75, 3.05) is 0 Å². The fourth-order valence-corrected chi connectivity index (χ4v) is 3.00. The Balaban J connectivity index is 1.87. The summed E-state index contributed by atoms with van der Waals surface area (Å²) in [4.78, 5) is 28.0. The molecule has 142 valence electrons. The molecule has 8 heteroatoms. The number of fused-ring (bicyclic) bond motifs is 1. The summed E-state index contributed by atoms with van der Waals surface area (Å²) in [5, 5.41) is 16.0. The molecule has 1 aromatic heterocycles. The Morgan fingerprint density at radius 2 is 1.76 bits per heavy atom. The van der Waals surface area contributed by atoms with Crippen LogP contribution in [0.3, 0.4) is 0 Å². The minimum Gasteiger partial charge on any atom is -0.267 e. The van der Waals surface area contributed by atoms with E-state index in [1.807, 2.05) is 30.3 Å². The second-order valence-corrected chi connectivity index (χ2v) is 6.61. The van der Waals surface area contributed by atoms with Crippen molar-refractivity contribution in [2.45, 2.75) is 0 Å². The number of rotatable bonds is 4. The van der Waals surface area contributed by atoms with Crippen molar-refractivity contribution in [1.29, 1.82) is 0 Å². The number of non-ortho nitro benzene ring substituents is 1. The third-order valence-electron chi connectivity index (χ3n) is 4.27. The molecule has 0 aliphatic carbocycles. The molecule has 0 amide bonds. The summed E-state index contributed by atoms with van der Waals surface area (Å²) >= 11 is 6.06. The van der Waals surface area contributed by atoms with Gasteiger partial charge in [-0.25, -0.2) is 4.98 Å². The number of nitro benzene ring substituents is 1. The Labute approximate surface area is 169 Å². The van der Waals surface area contributed by atoms with Gasteiger partial charge in [-0.2, -0.15) is 9.78 Å². The fourth-order valence-electron chi connectivity index (χ4n) is 2.84. The second-order valence-electron chi connectivity index (χ2n) is 6.17. The average molecular weight is 405 g/mol. The van der Waals surface area contributed by atoms with E-state index in [1.165, 1.54) is 23.0 Å². The van der Waals surface area contributed by atoms with Crippen LogP contribution < -0.4 is 5.56 Å². The minimum atomic E-state index is -0.475. The van der Waals surface area contributed by atoms with Crippen LogP contribution in [-0.4, -0.2) is 20.8 Å². The standard InChI is InChI=1S/C21H13ClN4O3/c22-16-8-11-18-19(12-16)24-20(15-4-2-1-3-5-15)25(21(18)27)23-13-14-6-9-17(10-7-14)26(28)29/h1-13H/b23-13+. The molecule has 0 atom stereocenters. The highest BCUT2D eigenvalue weighted by molar-refractivity contribution is 6.31. The molecule has 0 radical (unpaired) electrons. The van der Waals surface area contributed by atoms with Crippen LogP contribution in [0.15, 0.2) is 82.7 Å². The normalized spacial score (nSPS) is 11.2. The van der Waals surface area contributed by atoms with Crippen LogP contribution in [0.25, 0.3) is 22.3 Å². The Kier molecular flexibility index (Phi) is 4.88. The molecule has 0 saturated carbocycles. The fraction of sp³-hybridized carbons (Fsp3) is 0. The van der Waals surface area contributed by atoms with Crippen molar-refractivity contribution in [3.8, 4) is 11.4 Å². The predicted octanol–water partition coefficient (Wildman–Crippen LogP) is 4.51. The number of aromatic nitrogens is 2. The topological polar surface area (TPSA) is 90.4 Å². The number of nitro groups is 1. The van der Waals surface area contributed by atoms with E-state index >= 15 is 0 Å². The smallest absolute Gasteiger partial charge is 0.267 e. The molecular weight excluding hydrogens is 392 g/mol. The molecule has 0 spiro atoms. The monoisotopic (exact) mass is 404 g/mol. The summed E-state index contributed by atoms with van der Waals surface area (Å²) in [6, 6.07) is 19.9. The van der Waals surface area contributed by atoms with Gasteiger partial charge in [0, 0.05) is 22.7 Å². The zero-order chi connectivity index (χ0) is 20.4. The molecule has 0 N–H and O–H groups in total. The van der Waals surface area contributed by atoms with Gasteiger partial charge in [-0.3, -0.25) is 14.9 Å². The first-order chi connectivity index (χ1) is 14.0. The lowest BCUT2D eigenvalue weighted by atomic mass is 10.2. The molecule has 7 nitrogen and oxygen atoms in total. The molecule has 0 aliphatic heterocycles. The molecule has 0 aliphatic rings. The Bertz CT molecular complexity index is 1300. The van der Waals surface area contributed by atoms with E-state index in [-0.39, 0.29) is 11.2 Å². The Hall–Kier alpha value is -3.84. The summed E-state index contributed by atoms with van der Waals surface area (Å²) in [5.74, 6) is 0.364. The maximum absolute atomic E-state index is 13.1. The highest BCUT2D eigenvalue weighted by Crippen LogP contribution is 2.21. The van der Waals surface area contributed by atoms with Crippen LogP contribution in [0.2, 0.25) is 5.02 Å². The van der Waals surface area contributed by atoms with Crippen LogP contribution in [0.5, 0.6) is 0 Å². The molecule has 29 heavy (non-hydrogen) atoms. The third kappa shape index (κ3) is 3.76. The highest BCUT2D eigenvalue weighted by atomic mass is 35.5. The SMILES string of the molecule is O=c1c2ccc(Cl)cc2nc(-c2ccccc2)n1/N=C/c1ccc([N+](=O)[O-])cc1. The molecule has 3 aromatic carbocycles. The van der Waals surface area contributed by atoms with E-state index in [4.69, 9.17) is 11.6 Å². The first-order valence-corrected chi connectivity index (χ1v) is 8.97. The maximum atomic E-state index is 13.1. The number of hydrogen-bond donors (Lipinski definition) is 0. The lowest BCUT2D eigenvalue weighted by molar-refractivity contribution is -0.384. The Morgan fingerprint density at radius 3 is 2.45 bits per heavy atom. The van der Waals surface area contributed by atoms with Crippen molar-refractivity contribution >= 4 is 34.4 Å². The number of benzene rings is 3. The quantitative estimate of drug-likeness (QED) is 0.284. The zero-order valence-corrected chi connectivity index (χ0v) is 15.7. The van der Waals surface area contributed by atoms with Crippen LogP contribution in [-0.2, 0) is 0 Å². The maximum Gasteiger partial charge on any atom is 0.282 e. The van der Waals surface area contributed by atoms with Gasteiger partial charge in [0.05, 0.1) is 22.0 Å². The van der Waals surface area contributed by atoms with Gasteiger partial charge in [0.1, 0.15) is 0 Å². The minimum absolute atomic E-state index is 0.0199. The molecule has 0 saturated heterocycles. The summed E-state index contributed by atoms with van der Waals surface area (Å²) < 4.78 is 1.22. The van der Waals surface area contributed by atoms with Gasteiger partial charge in [0.15, 0.2) is 5.82 Å². The molecule has 4 rings (SSSR count). The predicted molar refractivity (Wildman–Crippen MR) is 113 cm³/mol. The lowest BCUT2D eigenvalue weighted by Gasteiger charge is -2.09. The van der Waals surface area contributed by atoms with Crippen LogP contribution in [0.4, 0.5) is 5.69 Å². The number of nitrogens with zero attached hydrogens (tertiary/aromatic N) is 4. The largest absolute Gasteiger partial charge is 0.282 e. The van der Waals surface area contributed by atoms with Crippen LogP contribution in [0, 0.1) is 10.1 Å². The van der Waals surface area contributed by atoms with Gasteiger partial charge in [0.2, 0.25) is 0 Å². The van der Waals surface area contributed by atoms with Crippen molar-refractivity contribution < 1.29 is 4.92 Å². The van der Waals surface area contributed by atoms with E-state index in [2.05, 4.69) is 10.1 Å². The second kappa shape index (κ2) is 7.65. The summed E-state index contributed by atoms with van der Waals surface area (Å²) in [5.41, 5.74) is 1.44. The lowest BCUT2D eigenvalue weighted by Crippen LogP contribution is -2.20. The summed E-state index contributed by atoms with van der Waals surface area (Å²) in [6.45, 7) is 0. The van der Waals surface area contributed by atoms with E-state index < -0.39 is 4.92 Å². The highest BCUT2D eigenvalue weighted by Gasteiger charge is 2.13. The van der Waals surface area contributed by atoms with Gasteiger partial charge >= 0.3 is 0 Å². The van der Waals surface area contributed by atoms with Gasteiger partial charge in [-0.1, -0.05) is 41.9 Å². The van der Waals surface area contributed by atoms with Crippen molar-refractivity contribution in [3.63, 3.8) is 0 Å². The van der Waals surface area contributed by atoms with Crippen molar-refractivity contribution in [1.82, 2.24) is 9.66 Å². The van der Waals surface area contributed by atoms with Gasteiger partial charge in [0.25, 0.3) is 11.2 Å². The van der Waals surface area contributed by atoms with E-state index in [0.717, 1.165) is 0 Å². The van der Waals surface area contributed by atoms with Crippen LogP contribution >= 0.6 is 11.6 Å². The molecule has 0 fully saturated rings. The third-order valence-corrected chi connectivity index (χ3v) is 4.50. The summed E-state index contributed by atoms with van der Waals surface area (Å²) in [6.07, 6.45) is 1.46. The zero-order valence-electron chi connectivity index (χ0n) is 14.9. The van der Waals surface area contributed by atoms with Gasteiger partial charge in [-0.15, -0.1) is 0 Å². The molecular formula is C21H13ClN4O3. The van der Waals surface area contributed by atoms with E-state index in [9.17, 15) is 14.9 Å². The van der Waals surface area contributed by atoms with Crippen molar-refractivity contribution in [2.24, 2.45) is 5.10 Å². The Morgan fingerprint density at radius 1 is 1.03 bits per heavy atom. The van der Waals surface area contributed by atoms with Gasteiger partial charge < -0.3 is 0 Å². The molecule has 1 heterocycles. The molecule has 0 bridgehead atoms. The first-order valence-electron chi connectivity index (χ1n) is 8.59. The number of halogens is 1. The number of hydrogen-bond acceptors (Lipinski definition) is 5. The summed E-state index contributed by atoms with van der Waals surface area (Å²) in [7, 11) is 0. The van der Waals surface area contributed by atoms with E-state index in [1.54, 1.807) is 30.3 Å². The molecule has 4 aromatic rings. The van der Waals surface area contributed by atoms with Gasteiger partial charge in [-0.05, 0) is 35.9 Å². The first kappa shape index (κ1) is 18.5. The van der Waals surface area contributed by atoms with Crippen molar-refractivity contribution in [3.05, 3.63) is 104 Å². The average Bonchev–Trinajstić information content (AvgIpc) is 2.73. The van der Waals surface area contributed by atoms with E-state index in [0.29, 0.717) is 32.9 Å².